The van der Waals surface area contributed by atoms with Gasteiger partial charge < -0.3 is 15.6 Å². The average Bonchev–Trinajstić information content (AvgIpc) is 2.79. The Morgan fingerprint density at radius 3 is 2.36 bits per heavy atom. The summed E-state index contributed by atoms with van der Waals surface area (Å²) in [6.45, 7) is 4.76. The Labute approximate surface area is 191 Å². The van der Waals surface area contributed by atoms with E-state index in [2.05, 4.69) is 24.2 Å². The number of likely N-dealkylation sites (N-methyl/N-ethyl adjacent to an activating group) is 1. The first-order valence-corrected chi connectivity index (χ1v) is 10.7. The van der Waals surface area contributed by atoms with E-state index in [1.807, 2.05) is 6.07 Å². The topological polar surface area (TPSA) is 61.1 Å². The number of alkyl halides is 3. The zero-order chi connectivity index (χ0) is 24.0. The van der Waals surface area contributed by atoms with E-state index in [1.165, 1.54) is 29.0 Å². The van der Waals surface area contributed by atoms with Crippen molar-refractivity contribution >= 4 is 11.9 Å². The van der Waals surface area contributed by atoms with Crippen molar-refractivity contribution in [2.75, 3.05) is 32.0 Å². The molecule has 3 aromatic rings. The second-order valence-corrected chi connectivity index (χ2v) is 7.84. The Hall–Kier alpha value is -3.39. The number of pyridine rings is 1. The molecule has 0 saturated heterocycles. The average molecular weight is 457 g/mol. The van der Waals surface area contributed by atoms with Crippen LogP contribution in [0.25, 0.3) is 16.8 Å². The van der Waals surface area contributed by atoms with E-state index < -0.39 is 11.7 Å². The van der Waals surface area contributed by atoms with E-state index in [9.17, 15) is 18.0 Å². The van der Waals surface area contributed by atoms with Gasteiger partial charge in [-0.05, 0) is 67.5 Å². The lowest BCUT2D eigenvalue weighted by molar-refractivity contribution is -0.137. The molecule has 0 atom stereocenters. The van der Waals surface area contributed by atoms with Crippen LogP contribution in [0.4, 0.5) is 18.9 Å². The molecular weight excluding hydrogens is 429 g/mol. The second kappa shape index (κ2) is 10.5. The lowest BCUT2D eigenvalue weighted by atomic mass is 10.0. The number of nitrogens with one attached hydrogen (secondary N) is 2. The molecule has 2 aromatic carbocycles. The first kappa shape index (κ1) is 24.3. The van der Waals surface area contributed by atoms with Crippen molar-refractivity contribution in [1.29, 1.82) is 5.41 Å². The number of nitrogens with zero attached hydrogens (tertiary/aromatic N) is 2. The van der Waals surface area contributed by atoms with Crippen molar-refractivity contribution in [2.24, 2.45) is 0 Å². The number of anilines is 1. The maximum Gasteiger partial charge on any atom is 0.416 e. The summed E-state index contributed by atoms with van der Waals surface area (Å²) < 4.78 is 39.8. The van der Waals surface area contributed by atoms with Gasteiger partial charge in [-0.1, -0.05) is 19.1 Å². The Bertz CT molecular complexity index is 1150. The molecule has 1 aromatic heterocycles. The maximum atomic E-state index is 12.8. The highest BCUT2D eigenvalue weighted by Gasteiger charge is 2.29. The molecule has 174 valence electrons. The van der Waals surface area contributed by atoms with Crippen LogP contribution in [0.5, 0.6) is 0 Å². The van der Waals surface area contributed by atoms with Crippen molar-refractivity contribution in [2.45, 2.75) is 19.5 Å². The van der Waals surface area contributed by atoms with Crippen molar-refractivity contribution in [3.63, 3.8) is 0 Å². The number of rotatable bonds is 9. The van der Waals surface area contributed by atoms with Gasteiger partial charge in [-0.15, -0.1) is 0 Å². The van der Waals surface area contributed by atoms with E-state index >= 15 is 0 Å². The molecule has 2 N–H and O–H groups in total. The zero-order valence-corrected chi connectivity index (χ0v) is 18.6. The smallest absolute Gasteiger partial charge is 0.383 e. The molecule has 8 heteroatoms. The van der Waals surface area contributed by atoms with Gasteiger partial charge in [0.25, 0.3) is 5.56 Å². The number of hydrogen-bond donors (Lipinski definition) is 2. The molecule has 33 heavy (non-hydrogen) atoms. The number of aromatic nitrogens is 1. The van der Waals surface area contributed by atoms with Crippen molar-refractivity contribution in [1.82, 2.24) is 9.47 Å². The van der Waals surface area contributed by atoms with Gasteiger partial charge >= 0.3 is 6.18 Å². The van der Waals surface area contributed by atoms with Crippen molar-refractivity contribution in [3.05, 3.63) is 82.3 Å². The Morgan fingerprint density at radius 1 is 1.03 bits per heavy atom. The quantitative estimate of drug-likeness (QED) is 0.431. The minimum absolute atomic E-state index is 0.315. The van der Waals surface area contributed by atoms with Gasteiger partial charge in [0.1, 0.15) is 0 Å². The van der Waals surface area contributed by atoms with Crippen LogP contribution in [0.15, 0.2) is 65.6 Å². The highest BCUT2D eigenvalue weighted by molar-refractivity contribution is 5.86. The molecule has 0 saturated carbocycles. The molecular formula is C25H27F3N4O. The molecule has 0 unspecified atom stereocenters. The molecule has 0 aliphatic rings. The molecule has 0 amide bonds. The first-order chi connectivity index (χ1) is 15.7. The largest absolute Gasteiger partial charge is 0.416 e. The Kier molecular flexibility index (Phi) is 7.71. The third kappa shape index (κ3) is 6.10. The first-order valence-electron chi connectivity index (χ1n) is 10.7. The molecule has 3 rings (SSSR count). The summed E-state index contributed by atoms with van der Waals surface area (Å²) in [6.07, 6.45) is -0.487. The fourth-order valence-electron chi connectivity index (χ4n) is 3.58. The van der Waals surface area contributed by atoms with Crippen molar-refractivity contribution < 1.29 is 13.2 Å². The van der Waals surface area contributed by atoms with E-state index in [4.69, 9.17) is 5.41 Å². The van der Waals surface area contributed by atoms with Crippen molar-refractivity contribution in [3.8, 4) is 16.8 Å². The predicted molar refractivity (Wildman–Crippen MR) is 127 cm³/mol. The summed E-state index contributed by atoms with van der Waals surface area (Å²) in [4.78, 5) is 15.0. The second-order valence-electron chi connectivity index (χ2n) is 7.84. The lowest BCUT2D eigenvalue weighted by Gasteiger charge is -2.17. The molecule has 0 aliphatic heterocycles. The minimum Gasteiger partial charge on any atom is -0.383 e. The molecule has 5 nitrogen and oxygen atoms in total. The molecule has 0 spiro atoms. The minimum atomic E-state index is -4.40. The van der Waals surface area contributed by atoms with Gasteiger partial charge in [-0.2, -0.15) is 13.2 Å². The molecule has 0 fully saturated rings. The number of benzene rings is 2. The molecule has 0 bridgehead atoms. The zero-order valence-electron chi connectivity index (χ0n) is 18.6. The Morgan fingerprint density at radius 2 is 1.76 bits per heavy atom. The predicted octanol–water partition coefficient (Wildman–Crippen LogP) is 5.27. The van der Waals surface area contributed by atoms with E-state index in [-0.39, 0.29) is 5.56 Å². The summed E-state index contributed by atoms with van der Waals surface area (Å²) in [5, 5.41) is 11.1. The SMILES string of the molecule is CCCN(C)CCNc1ccc(-n2ccc(-c3ccc(C(F)(F)F)cc3)cc2=O)cc1C=N. The van der Waals surface area contributed by atoms with Crippen LogP contribution in [-0.4, -0.2) is 42.4 Å². The fourth-order valence-corrected chi connectivity index (χ4v) is 3.58. The van der Waals surface area contributed by atoms with Crippen LogP contribution in [-0.2, 0) is 6.18 Å². The van der Waals surface area contributed by atoms with Crippen LogP contribution in [0.2, 0.25) is 0 Å². The Balaban J connectivity index is 1.79. The summed E-state index contributed by atoms with van der Waals surface area (Å²) in [5.41, 5.74) is 2.09. The van der Waals surface area contributed by atoms with Gasteiger partial charge in [0.2, 0.25) is 0 Å². The lowest BCUT2D eigenvalue weighted by Crippen LogP contribution is -2.26. The normalized spacial score (nSPS) is 11.6. The standard InChI is InChI=1S/C25H27F3N4O/c1-3-12-31(2)14-11-30-23-9-8-22(15-20(23)17-29)32-13-10-19(16-24(32)33)18-4-6-21(7-5-18)25(26,27)28/h4-10,13,15-17,29-30H,3,11-12,14H2,1-2H3. The van der Waals surface area contributed by atoms with E-state index in [0.717, 1.165) is 43.9 Å². The summed E-state index contributed by atoms with van der Waals surface area (Å²) in [5.74, 6) is 0. The highest BCUT2D eigenvalue weighted by atomic mass is 19.4. The van der Waals surface area contributed by atoms with Gasteiger partial charge in [-0.3, -0.25) is 9.36 Å². The van der Waals surface area contributed by atoms with Crippen LogP contribution in [0.1, 0.15) is 24.5 Å². The third-order valence-electron chi connectivity index (χ3n) is 5.35. The molecule has 0 aliphatic carbocycles. The fraction of sp³-hybridized carbons (Fsp3) is 0.280. The van der Waals surface area contributed by atoms with Crippen LogP contribution < -0.4 is 10.9 Å². The monoisotopic (exact) mass is 456 g/mol. The van der Waals surface area contributed by atoms with Gasteiger partial charge in [0.05, 0.1) is 5.56 Å². The van der Waals surface area contributed by atoms with Gasteiger partial charge in [0.15, 0.2) is 0 Å². The molecule has 1 heterocycles. The van der Waals surface area contributed by atoms with E-state index in [1.54, 1.807) is 24.4 Å². The number of halogens is 3. The highest BCUT2D eigenvalue weighted by Crippen LogP contribution is 2.30. The summed E-state index contributed by atoms with van der Waals surface area (Å²) >= 11 is 0. The maximum absolute atomic E-state index is 12.8. The summed E-state index contributed by atoms with van der Waals surface area (Å²) in [6, 6.07) is 13.2. The van der Waals surface area contributed by atoms with Gasteiger partial charge in [-0.25, -0.2) is 0 Å². The number of hydrogen-bond acceptors (Lipinski definition) is 4. The summed E-state index contributed by atoms with van der Waals surface area (Å²) in [7, 11) is 2.06. The van der Waals surface area contributed by atoms with Crippen LogP contribution in [0, 0.1) is 5.41 Å². The van der Waals surface area contributed by atoms with Crippen LogP contribution in [0.3, 0.4) is 0 Å². The third-order valence-corrected chi connectivity index (χ3v) is 5.35. The molecule has 0 radical (unpaired) electrons. The van der Waals surface area contributed by atoms with Crippen LogP contribution >= 0.6 is 0 Å². The van der Waals surface area contributed by atoms with E-state index in [0.29, 0.717) is 22.4 Å². The van der Waals surface area contributed by atoms with Gasteiger partial charge in [0, 0.05) is 48.5 Å².